The molecule has 0 aliphatic carbocycles. The van der Waals surface area contributed by atoms with Crippen LogP contribution < -0.4 is 4.57 Å². The zero-order chi connectivity index (χ0) is 6.53. The number of hydrogen-bond acceptors (Lipinski definition) is 1. The van der Waals surface area contributed by atoms with Gasteiger partial charge in [0, 0.05) is 6.42 Å². The minimum Gasteiger partial charge on any atom is -0.108 e. The average Bonchev–Trinajstić information content (AvgIpc) is 2.34. The highest BCUT2D eigenvalue weighted by Crippen LogP contribution is 1.85. The first kappa shape index (κ1) is 6.31. The molecule has 46 valence electrons. The molecule has 0 fully saturated rings. The van der Waals surface area contributed by atoms with Gasteiger partial charge in [-0.15, -0.1) is 4.57 Å². The number of thiazole rings is 1. The summed E-state index contributed by atoms with van der Waals surface area (Å²) in [6, 6.07) is 2.95. The molecule has 1 aromatic heterocycles. The van der Waals surface area contributed by atoms with Gasteiger partial charge in [0.2, 0.25) is 11.6 Å². The SMILES string of the molecule is CCC#C[n+]1ccsc1. The molecular formula is C7H8NS+. The molecule has 0 amide bonds. The molecule has 0 atom stereocenters. The molecule has 9 heavy (non-hydrogen) atoms. The second-order valence-electron chi connectivity index (χ2n) is 1.58. The summed E-state index contributed by atoms with van der Waals surface area (Å²) in [4.78, 5) is 0. The smallest absolute Gasteiger partial charge is 0.108 e. The molecule has 0 radical (unpaired) electrons. The Bertz CT molecular complexity index is 215. The van der Waals surface area contributed by atoms with E-state index in [9.17, 15) is 0 Å². The molecule has 0 N–H and O–H groups in total. The van der Waals surface area contributed by atoms with Crippen LogP contribution in [0.2, 0.25) is 0 Å². The van der Waals surface area contributed by atoms with Crippen molar-refractivity contribution in [2.24, 2.45) is 0 Å². The van der Waals surface area contributed by atoms with Crippen LogP contribution in [0.5, 0.6) is 0 Å². The van der Waals surface area contributed by atoms with E-state index in [-0.39, 0.29) is 0 Å². The van der Waals surface area contributed by atoms with Crippen LogP contribution in [0.25, 0.3) is 0 Å². The van der Waals surface area contributed by atoms with Gasteiger partial charge >= 0.3 is 0 Å². The first-order valence-electron chi connectivity index (χ1n) is 2.86. The number of hydrogen-bond donors (Lipinski definition) is 0. The Morgan fingerprint density at radius 3 is 3.11 bits per heavy atom. The van der Waals surface area contributed by atoms with E-state index in [4.69, 9.17) is 0 Å². The summed E-state index contributed by atoms with van der Waals surface area (Å²) in [5.74, 6) is 2.97. The van der Waals surface area contributed by atoms with Crippen LogP contribution >= 0.6 is 11.3 Å². The number of rotatable bonds is 0. The summed E-state index contributed by atoms with van der Waals surface area (Å²) in [6.45, 7) is 2.04. The zero-order valence-electron chi connectivity index (χ0n) is 5.29. The van der Waals surface area contributed by atoms with Gasteiger partial charge in [0.25, 0.3) is 0 Å². The Morgan fingerprint density at radius 1 is 1.67 bits per heavy atom. The fourth-order valence-corrected chi connectivity index (χ4v) is 0.996. The van der Waals surface area contributed by atoms with Crippen LogP contribution in [-0.2, 0) is 0 Å². The topological polar surface area (TPSA) is 3.88 Å². The van der Waals surface area contributed by atoms with Gasteiger partial charge in [0.1, 0.15) is 0 Å². The van der Waals surface area contributed by atoms with Gasteiger partial charge < -0.3 is 0 Å². The lowest BCUT2D eigenvalue weighted by Crippen LogP contribution is -2.22. The van der Waals surface area contributed by atoms with E-state index < -0.39 is 0 Å². The van der Waals surface area contributed by atoms with E-state index in [0.717, 1.165) is 6.42 Å². The quantitative estimate of drug-likeness (QED) is 0.375. The molecule has 0 saturated carbocycles. The molecular weight excluding hydrogens is 130 g/mol. The molecule has 0 spiro atoms. The summed E-state index contributed by atoms with van der Waals surface area (Å²) in [5, 5.41) is 2.00. The third kappa shape index (κ3) is 1.87. The largest absolute Gasteiger partial charge is 0.240 e. The van der Waals surface area contributed by atoms with E-state index in [1.54, 1.807) is 11.3 Å². The van der Waals surface area contributed by atoms with Crippen molar-refractivity contribution in [2.45, 2.75) is 13.3 Å². The Morgan fingerprint density at radius 2 is 2.56 bits per heavy atom. The molecule has 0 aromatic carbocycles. The van der Waals surface area contributed by atoms with Gasteiger partial charge in [-0.1, -0.05) is 18.3 Å². The monoisotopic (exact) mass is 138 g/mol. The fraction of sp³-hybridized carbons (Fsp3) is 0.286. The molecule has 2 heteroatoms. The lowest BCUT2D eigenvalue weighted by Gasteiger charge is -1.66. The van der Waals surface area contributed by atoms with Crippen molar-refractivity contribution in [2.75, 3.05) is 0 Å². The first-order valence-corrected chi connectivity index (χ1v) is 3.80. The van der Waals surface area contributed by atoms with E-state index >= 15 is 0 Å². The normalized spacial score (nSPS) is 8.11. The van der Waals surface area contributed by atoms with Gasteiger partial charge in [-0.2, -0.15) is 0 Å². The van der Waals surface area contributed by atoms with Crippen LogP contribution in [0, 0.1) is 12.0 Å². The molecule has 1 aromatic rings. The molecule has 1 rings (SSSR count). The maximum absolute atomic E-state index is 2.97. The molecule has 1 heterocycles. The molecule has 0 saturated heterocycles. The van der Waals surface area contributed by atoms with Gasteiger partial charge in [0.15, 0.2) is 6.20 Å². The van der Waals surface area contributed by atoms with Crippen molar-refractivity contribution in [1.29, 1.82) is 0 Å². The third-order valence-electron chi connectivity index (χ3n) is 0.859. The second-order valence-corrected chi connectivity index (χ2v) is 2.33. The summed E-state index contributed by atoms with van der Waals surface area (Å²) < 4.78 is 1.87. The van der Waals surface area contributed by atoms with Crippen molar-refractivity contribution < 1.29 is 4.57 Å². The summed E-state index contributed by atoms with van der Waals surface area (Å²) in [7, 11) is 0. The van der Waals surface area contributed by atoms with Crippen molar-refractivity contribution in [3.8, 4) is 12.0 Å². The maximum Gasteiger partial charge on any atom is 0.240 e. The molecule has 0 aliphatic rings. The van der Waals surface area contributed by atoms with Crippen molar-refractivity contribution in [3.63, 3.8) is 0 Å². The lowest BCUT2D eigenvalue weighted by molar-refractivity contribution is -0.577. The maximum atomic E-state index is 2.97. The van der Waals surface area contributed by atoms with E-state index in [1.165, 1.54) is 0 Å². The lowest BCUT2D eigenvalue weighted by atomic mass is 10.5. The van der Waals surface area contributed by atoms with E-state index in [0.29, 0.717) is 0 Å². The fourth-order valence-electron chi connectivity index (χ4n) is 0.471. The first-order chi connectivity index (χ1) is 4.43. The summed E-state index contributed by atoms with van der Waals surface area (Å²) in [6.07, 6.45) is 2.87. The second kappa shape index (κ2) is 3.26. The van der Waals surface area contributed by atoms with Crippen LogP contribution in [0.15, 0.2) is 17.1 Å². The Kier molecular flexibility index (Phi) is 2.29. The van der Waals surface area contributed by atoms with E-state index in [2.05, 4.69) is 12.0 Å². The number of aromatic nitrogens is 1. The molecule has 0 bridgehead atoms. The standard InChI is InChI=1S/C7H8NS/c1-2-3-4-8-5-6-9-7-8/h5-7H,2H2,1H3/q+1. The summed E-state index contributed by atoms with van der Waals surface area (Å²) in [5.41, 5.74) is 1.97. The zero-order valence-corrected chi connectivity index (χ0v) is 6.11. The Labute approximate surface area is 59.0 Å². The average molecular weight is 138 g/mol. The van der Waals surface area contributed by atoms with Crippen LogP contribution in [0.1, 0.15) is 13.3 Å². The van der Waals surface area contributed by atoms with Gasteiger partial charge in [-0.3, -0.25) is 0 Å². The highest BCUT2D eigenvalue weighted by molar-refractivity contribution is 7.07. The predicted octanol–water partition coefficient (Wildman–Crippen LogP) is 1.25. The van der Waals surface area contributed by atoms with Gasteiger partial charge in [-0.05, 0) is 5.92 Å². The molecule has 0 unspecified atom stereocenters. The van der Waals surface area contributed by atoms with Crippen molar-refractivity contribution >= 4 is 11.3 Å². The van der Waals surface area contributed by atoms with Crippen LogP contribution in [0.3, 0.4) is 0 Å². The molecule has 0 aliphatic heterocycles. The van der Waals surface area contributed by atoms with Crippen molar-refractivity contribution in [3.05, 3.63) is 17.1 Å². The minimum absolute atomic E-state index is 0.919. The highest BCUT2D eigenvalue weighted by Gasteiger charge is 1.89. The number of nitrogens with zero attached hydrogens (tertiary/aromatic N) is 1. The van der Waals surface area contributed by atoms with Crippen molar-refractivity contribution in [1.82, 2.24) is 0 Å². The van der Waals surface area contributed by atoms with Gasteiger partial charge in [-0.25, -0.2) is 0 Å². The van der Waals surface area contributed by atoms with Crippen LogP contribution in [-0.4, -0.2) is 0 Å². The van der Waals surface area contributed by atoms with E-state index in [1.807, 2.05) is 28.6 Å². The molecule has 1 nitrogen and oxygen atoms in total. The predicted molar refractivity (Wildman–Crippen MR) is 38.0 cm³/mol. The van der Waals surface area contributed by atoms with Gasteiger partial charge in [0.05, 0.1) is 5.38 Å². The summed E-state index contributed by atoms with van der Waals surface area (Å²) >= 11 is 1.65. The highest BCUT2D eigenvalue weighted by atomic mass is 32.1. The Balaban J connectivity index is 2.67. The third-order valence-corrected chi connectivity index (χ3v) is 1.49. The van der Waals surface area contributed by atoms with Crippen LogP contribution in [0.4, 0.5) is 0 Å². The minimum atomic E-state index is 0.919. The Hall–Kier alpha value is -0.810.